The number of nitrogens with zero attached hydrogens (tertiary/aromatic N) is 13. The maximum atomic E-state index is 12.8. The number of thiocyanates is 2. The van der Waals surface area contributed by atoms with Crippen LogP contribution in [0.2, 0.25) is 0 Å². The molecule has 13 N–H and O–H groups in total. The average molecular weight is 2400 g/mol. The molecule has 3 radical (unpaired) electrons. The molecule has 9 aromatic heterocycles. The molecule has 0 saturated carbocycles. The molecule has 793 valence electrons. The van der Waals surface area contributed by atoms with E-state index in [0.717, 1.165) is 119 Å². The molecular weight excluding hydrogens is 2270 g/mol. The summed E-state index contributed by atoms with van der Waals surface area (Å²) in [6.45, 7) is 43.4. The number of oxazole rings is 4. The van der Waals surface area contributed by atoms with E-state index >= 15 is 0 Å². The summed E-state index contributed by atoms with van der Waals surface area (Å²) in [6, 6.07) is 6.75. The van der Waals surface area contributed by atoms with Crippen LogP contribution in [0.5, 0.6) is 0 Å². The second-order valence-electron chi connectivity index (χ2n) is 35.1. The number of aryl methyl sites for hydroxylation is 1. The fourth-order valence-corrected chi connectivity index (χ4v) is 17.9. The van der Waals surface area contributed by atoms with Gasteiger partial charge in [0.1, 0.15) is 39.6 Å². The Kier molecular flexibility index (Phi) is 76.3. The molecular formula is C90H135BBr2Cl2F2KN19NaO16S10. The molecule has 3 unspecified atom stereocenters. The van der Waals surface area contributed by atoms with E-state index in [1.165, 1.54) is 67.0 Å². The number of benzene rings is 1. The number of nitrogen functional groups attached to an aromatic ring is 3. The number of aliphatic hydroxyl groups is 2. The van der Waals surface area contributed by atoms with Crippen molar-refractivity contribution in [2.45, 2.75) is 250 Å². The van der Waals surface area contributed by atoms with Crippen LogP contribution in [0.15, 0.2) is 118 Å². The first-order chi connectivity index (χ1) is 66.1. The van der Waals surface area contributed by atoms with Gasteiger partial charge in [-0.1, -0.05) is 163 Å². The van der Waals surface area contributed by atoms with Crippen LogP contribution in [0.3, 0.4) is 0 Å². The zero-order valence-electron chi connectivity index (χ0n) is 88.4. The van der Waals surface area contributed by atoms with Crippen LogP contribution < -0.4 is 114 Å². The van der Waals surface area contributed by atoms with E-state index in [1.54, 1.807) is 148 Å². The van der Waals surface area contributed by atoms with Crippen LogP contribution in [-0.4, -0.2) is 198 Å². The Hall–Kier alpha value is -5.39. The van der Waals surface area contributed by atoms with Gasteiger partial charge in [-0.25, -0.2) is 64.5 Å². The standard InChI is InChI=1S/C22H32N4O4S2.C17H24N4O2S2.C11H15N3OS2.C11H19NO4.C8H12ClNO.C8H8O2.C4H3N3S2.C3H3BrN2S.C2H6O.2CH3F.CHNS.CH4O.B.BrH.ClH.K.Na.H/c1-21(2,3)15-10-23-16(29-15)13-31-17-11-24-19(32-17)25-18(27)14-8-7-9-26(12-14)20(28)30-22(4,5)6;1-17(2,3)12-8-19-13(23-12)10-24-14-9-20-16(25-14)21-15(22)11-5-4-6-18-7-11;1-11(2,3)7-4-13-8(15-7)6-16-9-5-14-10(12)17-9;1-11(2,3)16-10(15)12-6-4-5-8(7-12)9(13)14;1-8(2,3)6-5-10-7(4-9)11-6;1-6-2-4-7(5-3-6)8(9)10;5-2-8-3-1-7-4(6)9-3;4-2-1-6-3(5)7-2;1-2-3;2*1-2;2-1-3;1-2;;;;;;/h10-11,14H,7-9,12-13H2,1-6H3,(H,24,25,27);8-9,11,18H,4-7,10H2,1-3H3,(H,20,21,22);4-5H,6H2,1-3H3,(H2,12,14);8H,4-7H2,1-3H3,(H,13,14);5H,4H2,1-3H3;2-5H,1H3,(H,9,10);1H,(H2,6,7);1H,(H2,5,6);3H,2H2,1H3;2*1H3;3H;2H,1H3;;2*1H;;;/q;;;;;;;;;;;;;;;;2*+1;-1/p-1/i;;;;;;;;;2*1D;;;;;;;;. The van der Waals surface area contributed by atoms with Crippen molar-refractivity contribution in [3.05, 3.63) is 142 Å². The number of carboxylic acids is 2. The van der Waals surface area contributed by atoms with Crippen LogP contribution in [0.4, 0.5) is 44.0 Å². The number of rotatable bonds is 17. The minimum atomic E-state index is -1.00. The Morgan fingerprint density at radius 2 is 0.910 bits per heavy atom. The van der Waals surface area contributed by atoms with Crippen molar-refractivity contribution in [2.75, 3.05) is 95.1 Å². The normalized spacial score (nSPS) is 13.9. The summed E-state index contributed by atoms with van der Waals surface area (Å²) < 4.78 is 69.2. The second-order valence-corrected chi connectivity index (χ2v) is 47.1. The third kappa shape index (κ3) is 63.1. The van der Waals surface area contributed by atoms with Crippen molar-refractivity contribution in [1.29, 1.82) is 10.5 Å². The third-order valence-electron chi connectivity index (χ3n) is 17.2. The molecule has 12 heterocycles. The molecule has 54 heteroatoms. The number of ether oxygens (including phenoxy) is 2. The molecule has 3 aliphatic heterocycles. The van der Waals surface area contributed by atoms with Gasteiger partial charge in [0.05, 0.1) is 140 Å². The van der Waals surface area contributed by atoms with E-state index in [0.29, 0.717) is 98.1 Å². The molecule has 4 amide bonds. The zero-order chi connectivity index (χ0) is 107. The molecule has 1 aromatic carbocycles. The van der Waals surface area contributed by atoms with Gasteiger partial charge in [0.15, 0.2) is 25.7 Å². The van der Waals surface area contributed by atoms with Crippen LogP contribution in [-0.2, 0) is 81.3 Å². The SMILES string of the molecule is Br.CC(C)(C)OC(=O)N1CCCC(C(=O)Nc2ncc(SCc3ncc(C(C)(C)C)o3)s2)C1.CC(C)(C)OC(=O)N1CCCC(C(=O)O)C1.CC(C)(C)c1cnc(CCl)o1.CC(C)(C)c1cnc(CSc2cnc(N)s2)o1.CC(C)(C)c1cnc(CSc2cnc(NC(=O)C3CCCNC3)s2)o1.CCO.CO.Cc1ccc(C(=O)O)cc1.Cl.N#CSc1cnc(N)s1.N#C[S-].Nc1ncc(Br)s1.[2H]CF.[2H]CF.[B].[H-].[K+].[Na+]. The van der Waals surface area contributed by atoms with Crippen molar-refractivity contribution in [2.24, 2.45) is 17.8 Å². The summed E-state index contributed by atoms with van der Waals surface area (Å²) in [6.07, 6.45) is 19.7. The number of anilines is 5. The van der Waals surface area contributed by atoms with Gasteiger partial charge in [-0.2, -0.15) is 5.26 Å². The average Bonchev–Trinajstić information content (AvgIpc) is 1.69. The Balaban J connectivity index is -0.000000391. The number of likely N-dealkylation sites (tertiary alicyclic amines) is 2. The number of alkyl halides is 3. The number of piperidine rings is 3. The number of nitrogens with two attached hydrogens (primary N) is 3. The van der Waals surface area contributed by atoms with E-state index in [1.807, 2.05) is 33.1 Å². The smallest absolute Gasteiger partial charge is 1.00 e. The quantitative estimate of drug-likeness (QED) is 0.0133. The van der Waals surface area contributed by atoms with Crippen LogP contribution in [0.25, 0.3) is 0 Å². The number of thioether (sulfide) groups is 4. The number of hydrogen-bond donors (Lipinski definition) is 10. The molecule has 13 rings (SSSR count). The molecule has 35 nitrogen and oxygen atoms in total. The zero-order valence-corrected chi connectivity index (χ0v) is 104. The minimum absolute atomic E-state index is 0. The van der Waals surface area contributed by atoms with Gasteiger partial charge >= 0.3 is 105 Å². The number of nitrogens with one attached hydrogen (secondary N) is 3. The fraction of sp³-hybridized carbons (Fsp3) is 0.544. The Morgan fingerprint density at radius 3 is 1.20 bits per heavy atom. The van der Waals surface area contributed by atoms with Gasteiger partial charge in [0.2, 0.25) is 35.4 Å². The van der Waals surface area contributed by atoms with Crippen molar-refractivity contribution in [3.8, 4) is 10.8 Å². The van der Waals surface area contributed by atoms with Gasteiger partial charge in [-0.05, 0) is 129 Å². The number of aromatic nitrogens is 9. The molecule has 0 bridgehead atoms. The number of thiazole rings is 5. The number of nitriles is 2. The fourth-order valence-electron chi connectivity index (χ4n) is 10.6. The van der Waals surface area contributed by atoms with Crippen molar-refractivity contribution < 1.29 is 170 Å². The van der Waals surface area contributed by atoms with Crippen molar-refractivity contribution >= 4 is 243 Å². The van der Waals surface area contributed by atoms with E-state index < -0.39 is 49.5 Å². The number of carboxylic acid groups (broad SMARTS) is 2. The van der Waals surface area contributed by atoms with Crippen LogP contribution >= 0.6 is 161 Å². The van der Waals surface area contributed by atoms with Gasteiger partial charge in [0.25, 0.3) is 0 Å². The predicted molar refractivity (Wildman–Crippen MR) is 584 cm³/mol. The predicted octanol–water partition coefficient (Wildman–Crippen LogP) is 16.7. The number of aliphatic carboxylic acids is 1. The monoisotopic (exact) mass is 2400 g/mol. The van der Waals surface area contributed by atoms with E-state index in [2.05, 4.69) is 172 Å². The first kappa shape index (κ1) is 143. The maximum Gasteiger partial charge on any atom is 1.00 e. The third-order valence-corrected chi connectivity index (χ3v) is 26.5. The Morgan fingerprint density at radius 1 is 0.583 bits per heavy atom. The number of aliphatic hydroxyl groups excluding tert-OH is 2. The van der Waals surface area contributed by atoms with Gasteiger partial charge < -0.3 is 105 Å². The molecule has 3 aliphatic rings. The summed E-state index contributed by atoms with van der Waals surface area (Å²) >= 11 is 25.5. The van der Waals surface area contributed by atoms with E-state index in [9.17, 15) is 37.5 Å². The molecule has 0 aliphatic carbocycles. The Bertz CT molecular complexity index is 5340. The second kappa shape index (κ2) is 77.0. The first-order valence-corrected chi connectivity index (χ1v) is 52.3. The molecule has 144 heavy (non-hydrogen) atoms. The topological polar surface area (TPSA) is 539 Å². The Labute approximate surface area is 987 Å². The summed E-state index contributed by atoms with van der Waals surface area (Å²) in [4.78, 5) is 110. The van der Waals surface area contributed by atoms with Gasteiger partial charge in [0, 0.05) is 88.3 Å². The molecule has 10 aromatic rings. The van der Waals surface area contributed by atoms with Crippen LogP contribution in [0.1, 0.15) is 237 Å². The van der Waals surface area contributed by atoms with Crippen molar-refractivity contribution in [1.82, 2.24) is 60.0 Å². The van der Waals surface area contributed by atoms with Gasteiger partial charge in [-0.15, -0.1) is 76.3 Å². The first-order valence-electron chi connectivity index (χ1n) is 44.1. The van der Waals surface area contributed by atoms with Crippen molar-refractivity contribution in [3.63, 3.8) is 0 Å². The summed E-state index contributed by atoms with van der Waals surface area (Å²) in [5, 5.41) is 62.5. The molecule has 3 atom stereocenters. The van der Waals surface area contributed by atoms with Crippen LogP contribution in [0, 0.1) is 46.0 Å². The largest absolute Gasteiger partial charge is 1.00 e. The number of halogens is 6. The number of carbonyl (C=O) groups is 6. The molecule has 0 spiro atoms. The summed E-state index contributed by atoms with van der Waals surface area (Å²) in [5.41, 5.74) is 16.4. The summed E-state index contributed by atoms with van der Waals surface area (Å²) in [5.74, 6) is 6.09. The number of amides is 4. The van der Waals surface area contributed by atoms with E-state index in [4.69, 9.17) is 89.6 Å². The van der Waals surface area contributed by atoms with E-state index in [-0.39, 0.29) is 185 Å². The maximum absolute atomic E-state index is 12.8. The number of carbonyl (C=O) groups excluding carboxylic acids is 4. The van der Waals surface area contributed by atoms with Gasteiger partial charge in [-0.3, -0.25) is 23.2 Å². The molecule has 3 fully saturated rings. The molecule has 3 saturated heterocycles. The number of hydrogen-bond acceptors (Lipinski definition) is 39. The summed E-state index contributed by atoms with van der Waals surface area (Å²) in [7, 11) is -1.00. The minimum Gasteiger partial charge on any atom is -1.00 e. The number of aromatic carboxylic acids is 1.